The van der Waals surface area contributed by atoms with E-state index < -0.39 is 5.60 Å². The summed E-state index contributed by atoms with van der Waals surface area (Å²) in [5, 5.41) is 0. The largest absolute Gasteiger partial charge is 0.376 e. The van der Waals surface area contributed by atoms with E-state index in [0.717, 1.165) is 23.3 Å². The Labute approximate surface area is 160 Å². The lowest BCUT2D eigenvalue weighted by Crippen LogP contribution is -2.34. The molecule has 0 radical (unpaired) electrons. The molecule has 1 unspecified atom stereocenters. The van der Waals surface area contributed by atoms with Crippen LogP contribution in [0.15, 0.2) is 91.0 Å². The van der Waals surface area contributed by atoms with Crippen molar-refractivity contribution in [3.05, 3.63) is 108 Å². The van der Waals surface area contributed by atoms with E-state index in [-0.39, 0.29) is 6.10 Å². The van der Waals surface area contributed by atoms with Crippen LogP contribution in [0.25, 0.3) is 0 Å². The minimum atomic E-state index is -0.677. The molecule has 0 amide bonds. The zero-order chi connectivity index (χ0) is 18.4. The third-order valence-electron chi connectivity index (χ3n) is 4.79. The van der Waals surface area contributed by atoms with Crippen LogP contribution in [-0.4, -0.2) is 32.5 Å². The lowest BCUT2D eigenvalue weighted by atomic mass is 9.80. The predicted octanol–water partition coefficient (Wildman–Crippen LogP) is 4.41. The van der Waals surface area contributed by atoms with Gasteiger partial charge in [0.25, 0.3) is 0 Å². The van der Waals surface area contributed by atoms with E-state index in [1.54, 1.807) is 0 Å². The van der Waals surface area contributed by atoms with Gasteiger partial charge in [0.15, 0.2) is 0 Å². The van der Waals surface area contributed by atoms with Gasteiger partial charge in [0, 0.05) is 0 Å². The van der Waals surface area contributed by atoms with E-state index in [1.165, 1.54) is 0 Å². The number of ether oxygens (including phenoxy) is 3. The Hall–Kier alpha value is -2.46. The Morgan fingerprint density at radius 3 is 1.56 bits per heavy atom. The molecule has 138 valence electrons. The Bertz CT molecular complexity index is 717. The highest BCUT2D eigenvalue weighted by Gasteiger charge is 2.37. The highest BCUT2D eigenvalue weighted by Crippen LogP contribution is 2.40. The summed E-state index contributed by atoms with van der Waals surface area (Å²) >= 11 is 0. The smallest absolute Gasteiger partial charge is 0.143 e. The molecule has 0 bridgehead atoms. The fourth-order valence-corrected chi connectivity index (χ4v) is 3.40. The van der Waals surface area contributed by atoms with Gasteiger partial charge < -0.3 is 14.2 Å². The molecule has 0 aliphatic carbocycles. The Balaban J connectivity index is 1.69. The van der Waals surface area contributed by atoms with E-state index in [1.807, 2.05) is 18.2 Å². The van der Waals surface area contributed by atoms with Gasteiger partial charge in [-0.1, -0.05) is 91.0 Å². The maximum Gasteiger partial charge on any atom is 0.143 e. The number of hydrogen-bond donors (Lipinski definition) is 0. The molecule has 1 aliphatic heterocycles. The summed E-state index contributed by atoms with van der Waals surface area (Å²) in [6.45, 7) is 2.47. The summed E-state index contributed by atoms with van der Waals surface area (Å²) in [6, 6.07) is 31.2. The molecule has 0 aromatic heterocycles. The zero-order valence-corrected chi connectivity index (χ0v) is 15.3. The van der Waals surface area contributed by atoms with E-state index >= 15 is 0 Å². The second kappa shape index (κ2) is 8.49. The maximum atomic E-state index is 6.62. The minimum absolute atomic E-state index is 0.270. The van der Waals surface area contributed by atoms with Gasteiger partial charge in [0.2, 0.25) is 0 Å². The second-order valence-corrected chi connectivity index (χ2v) is 6.66. The van der Waals surface area contributed by atoms with Gasteiger partial charge in [-0.25, -0.2) is 0 Å². The lowest BCUT2D eigenvalue weighted by molar-refractivity contribution is -0.0256. The first-order chi connectivity index (χ1) is 13.4. The van der Waals surface area contributed by atoms with E-state index in [0.29, 0.717) is 19.8 Å². The molecule has 3 heteroatoms. The highest BCUT2D eigenvalue weighted by atomic mass is 16.6. The van der Waals surface area contributed by atoms with Crippen molar-refractivity contribution in [2.45, 2.75) is 11.7 Å². The van der Waals surface area contributed by atoms with Gasteiger partial charge in [0.1, 0.15) is 11.7 Å². The van der Waals surface area contributed by atoms with Crippen molar-refractivity contribution >= 4 is 0 Å². The molecule has 27 heavy (non-hydrogen) atoms. The van der Waals surface area contributed by atoms with E-state index in [9.17, 15) is 0 Å². The fourth-order valence-electron chi connectivity index (χ4n) is 3.40. The SMILES string of the molecule is c1ccc(C(OCCOCC2CO2)(c2ccccc2)c2ccccc2)cc1. The highest BCUT2D eigenvalue weighted by molar-refractivity contribution is 5.47. The maximum absolute atomic E-state index is 6.62. The standard InChI is InChI=1S/C24H24O3/c1-4-10-20(11-5-1)24(21-12-6-2-7-13-21,22-14-8-3-9-15-22)27-17-16-25-18-23-19-26-23/h1-15,23H,16-19H2. The first-order valence-corrected chi connectivity index (χ1v) is 9.39. The van der Waals surface area contributed by atoms with Crippen molar-refractivity contribution < 1.29 is 14.2 Å². The van der Waals surface area contributed by atoms with Crippen molar-refractivity contribution in [2.75, 3.05) is 26.4 Å². The average molecular weight is 360 g/mol. The molecule has 4 rings (SSSR count). The van der Waals surface area contributed by atoms with Crippen LogP contribution >= 0.6 is 0 Å². The fraction of sp³-hybridized carbons (Fsp3) is 0.250. The number of hydrogen-bond acceptors (Lipinski definition) is 3. The predicted molar refractivity (Wildman–Crippen MR) is 106 cm³/mol. The van der Waals surface area contributed by atoms with Crippen molar-refractivity contribution in [3.8, 4) is 0 Å². The number of benzene rings is 3. The molecule has 1 aliphatic rings. The van der Waals surface area contributed by atoms with Crippen molar-refractivity contribution in [1.29, 1.82) is 0 Å². The monoisotopic (exact) mass is 360 g/mol. The van der Waals surface area contributed by atoms with Crippen LogP contribution in [0.4, 0.5) is 0 Å². The summed E-state index contributed by atoms with van der Waals surface area (Å²) in [5.74, 6) is 0. The van der Waals surface area contributed by atoms with Crippen molar-refractivity contribution in [3.63, 3.8) is 0 Å². The van der Waals surface area contributed by atoms with Gasteiger partial charge in [-0.05, 0) is 16.7 Å². The van der Waals surface area contributed by atoms with Gasteiger partial charge in [-0.3, -0.25) is 0 Å². The molecule has 0 N–H and O–H groups in total. The Morgan fingerprint density at radius 2 is 1.15 bits per heavy atom. The van der Waals surface area contributed by atoms with Crippen LogP contribution in [-0.2, 0) is 19.8 Å². The third kappa shape index (κ3) is 4.11. The van der Waals surface area contributed by atoms with Crippen LogP contribution in [0.1, 0.15) is 16.7 Å². The Morgan fingerprint density at radius 1 is 0.704 bits per heavy atom. The number of epoxide rings is 1. The summed E-state index contributed by atoms with van der Waals surface area (Å²) in [6.07, 6.45) is 0.270. The van der Waals surface area contributed by atoms with Crippen molar-refractivity contribution in [2.24, 2.45) is 0 Å². The van der Waals surface area contributed by atoms with Crippen molar-refractivity contribution in [1.82, 2.24) is 0 Å². The molecule has 0 saturated carbocycles. The first-order valence-electron chi connectivity index (χ1n) is 9.39. The first kappa shape index (κ1) is 17.9. The summed E-state index contributed by atoms with van der Waals surface area (Å²) in [4.78, 5) is 0. The molecule has 1 saturated heterocycles. The second-order valence-electron chi connectivity index (χ2n) is 6.66. The molecule has 3 nitrogen and oxygen atoms in total. The lowest BCUT2D eigenvalue weighted by Gasteiger charge is -2.36. The molecule has 1 heterocycles. The van der Waals surface area contributed by atoms with Gasteiger partial charge in [-0.15, -0.1) is 0 Å². The molecular formula is C24H24O3. The third-order valence-corrected chi connectivity index (χ3v) is 4.79. The van der Waals surface area contributed by atoms with E-state index in [2.05, 4.69) is 72.8 Å². The summed E-state index contributed by atoms with van der Waals surface area (Å²) in [7, 11) is 0. The van der Waals surface area contributed by atoms with Gasteiger partial charge >= 0.3 is 0 Å². The zero-order valence-electron chi connectivity index (χ0n) is 15.3. The number of rotatable bonds is 9. The summed E-state index contributed by atoms with van der Waals surface area (Å²) in [5.41, 5.74) is 2.64. The minimum Gasteiger partial charge on any atom is -0.376 e. The van der Waals surface area contributed by atoms with Gasteiger partial charge in [0.05, 0.1) is 26.4 Å². The average Bonchev–Trinajstić information content (AvgIpc) is 3.57. The molecule has 1 fully saturated rings. The molecule has 3 aromatic carbocycles. The topological polar surface area (TPSA) is 31.0 Å². The summed E-state index contributed by atoms with van der Waals surface area (Å²) < 4.78 is 17.5. The van der Waals surface area contributed by atoms with Crippen LogP contribution in [0.5, 0.6) is 0 Å². The van der Waals surface area contributed by atoms with Crippen LogP contribution in [0.3, 0.4) is 0 Å². The quantitative estimate of drug-likeness (QED) is 0.322. The molecular weight excluding hydrogens is 336 g/mol. The Kier molecular flexibility index (Phi) is 5.64. The normalized spacial score (nSPS) is 16.2. The molecule has 3 aromatic rings. The van der Waals surface area contributed by atoms with E-state index in [4.69, 9.17) is 14.2 Å². The molecule has 1 atom stereocenters. The van der Waals surface area contributed by atoms with Crippen LogP contribution in [0, 0.1) is 0 Å². The van der Waals surface area contributed by atoms with Crippen LogP contribution in [0.2, 0.25) is 0 Å². The molecule has 0 spiro atoms. The van der Waals surface area contributed by atoms with Crippen LogP contribution < -0.4 is 0 Å². The van der Waals surface area contributed by atoms with Gasteiger partial charge in [-0.2, -0.15) is 0 Å².